The Morgan fingerprint density at radius 3 is 1.82 bits per heavy atom. The van der Waals surface area contributed by atoms with E-state index in [9.17, 15) is 4.79 Å². The number of carbonyl (C=O) groups is 1. The Kier molecular flexibility index (Phi) is 8.50. The summed E-state index contributed by atoms with van der Waals surface area (Å²) >= 11 is 0. The fraction of sp³-hybridized carbons (Fsp3) is 0.125. The summed E-state index contributed by atoms with van der Waals surface area (Å²) in [7, 11) is 0. The molecule has 4 rings (SSSR count). The molecule has 144 valence electrons. The second-order valence-corrected chi connectivity index (χ2v) is 5.92. The molecule has 0 heterocycles. The molecule has 0 fully saturated rings. The highest BCUT2D eigenvalue weighted by atomic mass is 16.5. The summed E-state index contributed by atoms with van der Waals surface area (Å²) in [6.45, 7) is 3.39. The molecule has 4 nitrogen and oxygen atoms in total. The van der Waals surface area contributed by atoms with Crippen LogP contribution < -0.4 is 4.74 Å². The fourth-order valence-corrected chi connectivity index (χ4v) is 2.76. The van der Waals surface area contributed by atoms with E-state index in [2.05, 4.69) is 55.1 Å². The molecular formula is C24H24O4. The Bertz CT molecular complexity index is 844. The van der Waals surface area contributed by atoms with Gasteiger partial charge in [0.1, 0.15) is 12.4 Å². The van der Waals surface area contributed by atoms with Crippen molar-refractivity contribution >= 4 is 5.97 Å². The molecule has 0 spiro atoms. The smallest absolute Gasteiger partial charge is 0.327 e. The Morgan fingerprint density at radius 2 is 1.36 bits per heavy atom. The van der Waals surface area contributed by atoms with E-state index in [1.165, 1.54) is 22.3 Å². The van der Waals surface area contributed by atoms with Crippen molar-refractivity contribution in [1.82, 2.24) is 0 Å². The number of aliphatic hydroxyl groups excluding tert-OH is 1. The molecule has 0 saturated heterocycles. The molecule has 3 aromatic carbocycles. The van der Waals surface area contributed by atoms with Gasteiger partial charge in [-0.3, -0.25) is 0 Å². The first-order chi connectivity index (χ1) is 13.7. The maximum atomic E-state index is 9.25. The highest BCUT2D eigenvalue weighted by Gasteiger charge is 2.15. The number of aliphatic hydroxyl groups is 1. The standard InChI is InChI=1S/C13H10.C8H10O2.C3H4O2/c1-3-7-12-10(5-1)9-11-6-2-4-8-13(11)12;9-6-7-10-8-4-2-1-3-5-8;1-2-3(4)5/h1-8H,9H2;1-5,9H,6-7H2;2H,1H2,(H,4,5). The number of aliphatic carboxylic acids is 1. The van der Waals surface area contributed by atoms with Crippen LogP contribution in [0.4, 0.5) is 0 Å². The minimum Gasteiger partial charge on any atom is -0.491 e. The lowest BCUT2D eigenvalue weighted by atomic mass is 10.1. The maximum Gasteiger partial charge on any atom is 0.327 e. The van der Waals surface area contributed by atoms with E-state index < -0.39 is 5.97 Å². The van der Waals surface area contributed by atoms with Crippen LogP contribution in [-0.2, 0) is 11.2 Å². The van der Waals surface area contributed by atoms with Crippen molar-refractivity contribution in [3.63, 3.8) is 0 Å². The Labute approximate surface area is 165 Å². The summed E-state index contributed by atoms with van der Waals surface area (Å²) in [5.74, 6) is -0.179. The van der Waals surface area contributed by atoms with E-state index in [0.717, 1.165) is 18.2 Å². The molecule has 1 aliphatic carbocycles. The number of hydrogen-bond donors (Lipinski definition) is 2. The average molecular weight is 376 g/mol. The summed E-state index contributed by atoms with van der Waals surface area (Å²) in [6, 6.07) is 26.7. The zero-order valence-electron chi connectivity index (χ0n) is 15.6. The van der Waals surface area contributed by atoms with Crippen molar-refractivity contribution in [2.24, 2.45) is 0 Å². The molecule has 0 aromatic heterocycles. The zero-order valence-corrected chi connectivity index (χ0v) is 15.6. The van der Waals surface area contributed by atoms with Crippen LogP contribution in [0, 0.1) is 0 Å². The molecule has 0 radical (unpaired) electrons. The van der Waals surface area contributed by atoms with Crippen LogP contribution in [0.1, 0.15) is 11.1 Å². The van der Waals surface area contributed by atoms with Gasteiger partial charge in [0.25, 0.3) is 0 Å². The second-order valence-electron chi connectivity index (χ2n) is 5.92. The minimum absolute atomic E-state index is 0.0644. The lowest BCUT2D eigenvalue weighted by molar-refractivity contribution is -0.131. The topological polar surface area (TPSA) is 66.8 Å². The van der Waals surface area contributed by atoms with E-state index in [-0.39, 0.29) is 6.61 Å². The predicted octanol–water partition coefficient (Wildman–Crippen LogP) is 4.57. The van der Waals surface area contributed by atoms with Crippen LogP contribution >= 0.6 is 0 Å². The first-order valence-electron chi connectivity index (χ1n) is 8.96. The highest BCUT2D eigenvalue weighted by molar-refractivity contribution is 5.78. The Hall–Kier alpha value is -3.37. The van der Waals surface area contributed by atoms with Gasteiger partial charge in [0.15, 0.2) is 0 Å². The lowest BCUT2D eigenvalue weighted by Crippen LogP contribution is -2.00. The van der Waals surface area contributed by atoms with E-state index in [4.69, 9.17) is 14.9 Å². The van der Waals surface area contributed by atoms with Crippen molar-refractivity contribution in [3.05, 3.63) is 103 Å². The molecule has 3 aromatic rings. The van der Waals surface area contributed by atoms with Gasteiger partial charge in [-0.05, 0) is 40.8 Å². The third-order valence-corrected chi connectivity index (χ3v) is 3.98. The van der Waals surface area contributed by atoms with E-state index >= 15 is 0 Å². The third kappa shape index (κ3) is 6.41. The summed E-state index contributed by atoms with van der Waals surface area (Å²) in [5.41, 5.74) is 5.75. The second kappa shape index (κ2) is 11.4. The van der Waals surface area contributed by atoms with Crippen LogP contribution in [0.2, 0.25) is 0 Å². The van der Waals surface area contributed by atoms with Gasteiger partial charge >= 0.3 is 5.97 Å². The van der Waals surface area contributed by atoms with E-state index in [1.807, 2.05) is 30.3 Å². The zero-order chi connectivity index (χ0) is 20.2. The van der Waals surface area contributed by atoms with E-state index in [0.29, 0.717) is 6.61 Å². The summed E-state index contributed by atoms with van der Waals surface area (Å²) in [4.78, 5) is 9.25. The first kappa shape index (κ1) is 20.9. The normalized spacial score (nSPS) is 10.2. The molecule has 4 heteroatoms. The van der Waals surface area contributed by atoms with Crippen LogP contribution in [0.25, 0.3) is 11.1 Å². The fourth-order valence-electron chi connectivity index (χ4n) is 2.76. The number of hydrogen-bond acceptors (Lipinski definition) is 3. The number of rotatable bonds is 4. The Morgan fingerprint density at radius 1 is 0.893 bits per heavy atom. The molecule has 0 aliphatic heterocycles. The number of benzene rings is 3. The van der Waals surface area contributed by atoms with Gasteiger partial charge in [-0.15, -0.1) is 0 Å². The minimum atomic E-state index is -0.981. The van der Waals surface area contributed by atoms with Gasteiger partial charge in [-0.25, -0.2) is 4.79 Å². The largest absolute Gasteiger partial charge is 0.491 e. The van der Waals surface area contributed by atoms with Crippen LogP contribution in [0.3, 0.4) is 0 Å². The molecule has 0 amide bonds. The van der Waals surface area contributed by atoms with Crippen molar-refractivity contribution in [1.29, 1.82) is 0 Å². The lowest BCUT2D eigenvalue weighted by Gasteiger charge is -2.01. The highest BCUT2D eigenvalue weighted by Crippen LogP contribution is 2.35. The van der Waals surface area contributed by atoms with Gasteiger partial charge in [-0.1, -0.05) is 73.3 Å². The number of fused-ring (bicyclic) bond motifs is 3. The number of para-hydroxylation sites is 1. The van der Waals surface area contributed by atoms with Crippen molar-refractivity contribution in [3.8, 4) is 16.9 Å². The summed E-state index contributed by atoms with van der Waals surface area (Å²) in [6.07, 6.45) is 1.94. The molecule has 2 N–H and O–H groups in total. The van der Waals surface area contributed by atoms with Crippen LogP contribution in [0.5, 0.6) is 5.75 Å². The third-order valence-electron chi connectivity index (χ3n) is 3.98. The molecule has 0 saturated carbocycles. The van der Waals surface area contributed by atoms with Crippen molar-refractivity contribution in [2.75, 3.05) is 13.2 Å². The molecule has 0 bridgehead atoms. The van der Waals surface area contributed by atoms with Gasteiger partial charge in [0.05, 0.1) is 6.61 Å². The van der Waals surface area contributed by atoms with E-state index in [1.54, 1.807) is 0 Å². The molecule has 28 heavy (non-hydrogen) atoms. The van der Waals surface area contributed by atoms with Gasteiger partial charge < -0.3 is 14.9 Å². The first-order valence-corrected chi connectivity index (χ1v) is 8.96. The molecule has 0 atom stereocenters. The van der Waals surface area contributed by atoms with Crippen LogP contribution in [-0.4, -0.2) is 29.4 Å². The molecular weight excluding hydrogens is 352 g/mol. The van der Waals surface area contributed by atoms with Crippen molar-refractivity contribution in [2.45, 2.75) is 6.42 Å². The Balaban J connectivity index is 0.000000167. The summed E-state index contributed by atoms with van der Waals surface area (Å²) in [5, 5.41) is 16.0. The molecule has 1 aliphatic rings. The van der Waals surface area contributed by atoms with Gasteiger partial charge in [-0.2, -0.15) is 0 Å². The average Bonchev–Trinajstić information content (AvgIpc) is 3.12. The number of ether oxygens (including phenoxy) is 1. The maximum absolute atomic E-state index is 9.25. The molecule has 0 unspecified atom stereocenters. The van der Waals surface area contributed by atoms with Gasteiger partial charge in [0.2, 0.25) is 0 Å². The van der Waals surface area contributed by atoms with Crippen molar-refractivity contribution < 1.29 is 19.7 Å². The quantitative estimate of drug-likeness (QED) is 0.512. The monoisotopic (exact) mass is 376 g/mol. The predicted molar refractivity (Wildman–Crippen MR) is 112 cm³/mol. The number of carboxylic acid groups (broad SMARTS) is 1. The van der Waals surface area contributed by atoms with Gasteiger partial charge in [0, 0.05) is 6.08 Å². The number of carboxylic acids is 1. The van der Waals surface area contributed by atoms with Crippen LogP contribution in [0.15, 0.2) is 91.5 Å². The summed E-state index contributed by atoms with van der Waals surface area (Å²) < 4.78 is 5.11. The SMILES string of the molecule is C=CC(=O)O.OCCOc1ccccc1.c1ccc2c(c1)Cc1ccccc1-2.